The average Bonchev–Trinajstić information content (AvgIpc) is 2.47. The van der Waals surface area contributed by atoms with Crippen LogP contribution in [0, 0.1) is 6.92 Å². The van der Waals surface area contributed by atoms with Crippen molar-refractivity contribution in [2.24, 2.45) is 0 Å². The number of rotatable bonds is 5. The van der Waals surface area contributed by atoms with Gasteiger partial charge in [0.2, 0.25) is 0 Å². The molecule has 0 heterocycles. The number of carboxylic acids is 1. The molecule has 1 amide bonds. The lowest BCUT2D eigenvalue weighted by molar-refractivity contribution is -0.137. The molecule has 2 aromatic carbocycles. The van der Waals surface area contributed by atoms with Gasteiger partial charge in [0.05, 0.1) is 12.5 Å². The van der Waals surface area contributed by atoms with E-state index in [2.05, 4.69) is 5.32 Å². The van der Waals surface area contributed by atoms with Gasteiger partial charge in [-0.2, -0.15) is 0 Å². The summed E-state index contributed by atoms with van der Waals surface area (Å²) in [6, 6.07) is 13.3. The van der Waals surface area contributed by atoms with Crippen molar-refractivity contribution in [3.05, 3.63) is 70.2 Å². The molecule has 2 rings (SSSR count). The van der Waals surface area contributed by atoms with Crippen molar-refractivity contribution in [1.29, 1.82) is 0 Å². The standard InChI is InChI=1S/C17H16ClNO3/c1-11-2-4-13(5-3-11)17(22)19-15(10-16(20)21)12-6-8-14(18)9-7-12/h2-9,15H,10H2,1H3,(H,19,22)(H,20,21)/t15-/m1/s1. The van der Waals surface area contributed by atoms with Gasteiger partial charge in [0.15, 0.2) is 0 Å². The van der Waals surface area contributed by atoms with E-state index in [0.29, 0.717) is 16.1 Å². The van der Waals surface area contributed by atoms with Crippen molar-refractivity contribution in [3.8, 4) is 0 Å². The van der Waals surface area contributed by atoms with Crippen molar-refractivity contribution in [2.45, 2.75) is 19.4 Å². The monoisotopic (exact) mass is 317 g/mol. The number of hydrogen-bond donors (Lipinski definition) is 2. The maximum atomic E-state index is 12.3. The van der Waals surface area contributed by atoms with Crippen LogP contribution < -0.4 is 5.32 Å². The van der Waals surface area contributed by atoms with Gasteiger partial charge in [0.1, 0.15) is 0 Å². The molecule has 0 unspecified atom stereocenters. The number of carbonyl (C=O) groups excluding carboxylic acids is 1. The Labute approximate surface area is 133 Å². The Balaban J connectivity index is 2.19. The van der Waals surface area contributed by atoms with Crippen LogP contribution >= 0.6 is 11.6 Å². The van der Waals surface area contributed by atoms with Crippen molar-refractivity contribution in [2.75, 3.05) is 0 Å². The summed E-state index contributed by atoms with van der Waals surface area (Å²) >= 11 is 5.83. The number of halogens is 1. The molecule has 1 atom stereocenters. The van der Waals surface area contributed by atoms with Gasteiger partial charge in [-0.15, -0.1) is 0 Å². The second kappa shape index (κ2) is 7.09. The summed E-state index contributed by atoms with van der Waals surface area (Å²) in [6.07, 6.45) is -0.195. The first kappa shape index (κ1) is 16.0. The molecule has 2 aromatic rings. The van der Waals surface area contributed by atoms with Crippen LogP contribution in [0.15, 0.2) is 48.5 Å². The average molecular weight is 318 g/mol. The fourth-order valence-corrected chi connectivity index (χ4v) is 2.19. The zero-order valence-corrected chi connectivity index (χ0v) is 12.8. The summed E-state index contributed by atoms with van der Waals surface area (Å²) in [4.78, 5) is 23.3. The summed E-state index contributed by atoms with van der Waals surface area (Å²) in [5, 5.41) is 12.4. The van der Waals surface area contributed by atoms with E-state index in [1.807, 2.05) is 19.1 Å². The molecule has 22 heavy (non-hydrogen) atoms. The van der Waals surface area contributed by atoms with Gasteiger partial charge in [-0.3, -0.25) is 9.59 Å². The lowest BCUT2D eigenvalue weighted by atomic mass is 10.0. The third-order valence-corrected chi connectivity index (χ3v) is 3.52. The molecule has 4 nitrogen and oxygen atoms in total. The quantitative estimate of drug-likeness (QED) is 0.885. The van der Waals surface area contributed by atoms with E-state index in [1.165, 1.54) is 0 Å². The summed E-state index contributed by atoms with van der Waals surface area (Å²) in [5.41, 5.74) is 2.25. The fraction of sp³-hybridized carbons (Fsp3) is 0.176. The molecule has 0 saturated carbocycles. The van der Waals surface area contributed by atoms with Gasteiger partial charge >= 0.3 is 5.97 Å². The van der Waals surface area contributed by atoms with Crippen molar-refractivity contribution >= 4 is 23.5 Å². The zero-order chi connectivity index (χ0) is 16.1. The maximum Gasteiger partial charge on any atom is 0.305 e. The SMILES string of the molecule is Cc1ccc(C(=O)N[C@H](CC(=O)O)c2ccc(Cl)cc2)cc1. The Bertz CT molecular complexity index is 665. The van der Waals surface area contributed by atoms with Crippen molar-refractivity contribution < 1.29 is 14.7 Å². The molecule has 0 radical (unpaired) electrons. The van der Waals surface area contributed by atoms with Crippen LogP contribution in [0.4, 0.5) is 0 Å². The first-order valence-corrected chi connectivity index (χ1v) is 7.18. The second-order valence-electron chi connectivity index (χ2n) is 5.04. The molecular formula is C17H16ClNO3. The first-order chi connectivity index (χ1) is 10.5. The number of carboxylic acid groups (broad SMARTS) is 1. The molecule has 0 fully saturated rings. The second-order valence-corrected chi connectivity index (χ2v) is 5.48. The highest BCUT2D eigenvalue weighted by atomic mass is 35.5. The Kier molecular flexibility index (Phi) is 5.17. The van der Waals surface area contributed by atoms with E-state index in [-0.39, 0.29) is 12.3 Å². The van der Waals surface area contributed by atoms with Gasteiger partial charge in [-0.1, -0.05) is 41.4 Å². The third kappa shape index (κ3) is 4.33. The van der Waals surface area contributed by atoms with Crippen molar-refractivity contribution in [3.63, 3.8) is 0 Å². The highest BCUT2D eigenvalue weighted by molar-refractivity contribution is 6.30. The third-order valence-electron chi connectivity index (χ3n) is 3.27. The smallest absolute Gasteiger partial charge is 0.305 e. The van der Waals surface area contributed by atoms with Crippen LogP contribution in [0.1, 0.15) is 33.9 Å². The van der Waals surface area contributed by atoms with Gasteiger partial charge in [0.25, 0.3) is 5.91 Å². The molecule has 2 N–H and O–H groups in total. The lowest BCUT2D eigenvalue weighted by Gasteiger charge is -2.17. The highest BCUT2D eigenvalue weighted by Crippen LogP contribution is 2.20. The number of hydrogen-bond acceptors (Lipinski definition) is 2. The van der Waals surface area contributed by atoms with Gasteiger partial charge < -0.3 is 10.4 Å². The number of carbonyl (C=O) groups is 2. The molecule has 114 valence electrons. The molecule has 0 aliphatic heterocycles. The number of aryl methyl sites for hydroxylation is 1. The minimum atomic E-state index is -0.982. The van der Waals surface area contributed by atoms with E-state index in [4.69, 9.17) is 16.7 Å². The molecular weight excluding hydrogens is 302 g/mol. The number of amides is 1. The van der Waals surface area contributed by atoms with Gasteiger partial charge in [0, 0.05) is 10.6 Å². The predicted octanol–water partition coefficient (Wildman–Crippen LogP) is 3.59. The van der Waals surface area contributed by atoms with Crippen LogP contribution in [0.3, 0.4) is 0 Å². The molecule has 0 saturated heterocycles. The topological polar surface area (TPSA) is 66.4 Å². The van der Waals surface area contributed by atoms with Crippen LogP contribution in [-0.4, -0.2) is 17.0 Å². The Morgan fingerprint density at radius 2 is 1.68 bits per heavy atom. The minimum absolute atomic E-state index is 0.195. The van der Waals surface area contributed by atoms with Crippen LogP contribution in [0.2, 0.25) is 5.02 Å². The molecule has 0 bridgehead atoms. The Morgan fingerprint density at radius 1 is 1.09 bits per heavy atom. The maximum absolute atomic E-state index is 12.3. The lowest BCUT2D eigenvalue weighted by Crippen LogP contribution is -2.30. The van der Waals surface area contributed by atoms with E-state index in [1.54, 1.807) is 36.4 Å². The van der Waals surface area contributed by atoms with E-state index < -0.39 is 12.0 Å². The summed E-state index contributed by atoms with van der Waals surface area (Å²) < 4.78 is 0. The van der Waals surface area contributed by atoms with E-state index in [9.17, 15) is 9.59 Å². The first-order valence-electron chi connectivity index (χ1n) is 6.80. The molecule has 5 heteroatoms. The molecule has 0 aromatic heterocycles. The number of nitrogens with one attached hydrogen (secondary N) is 1. The van der Waals surface area contributed by atoms with Gasteiger partial charge in [-0.05, 0) is 36.8 Å². The number of benzene rings is 2. The molecule has 0 spiro atoms. The van der Waals surface area contributed by atoms with Crippen LogP contribution in [0.25, 0.3) is 0 Å². The van der Waals surface area contributed by atoms with E-state index in [0.717, 1.165) is 5.56 Å². The van der Waals surface area contributed by atoms with E-state index >= 15 is 0 Å². The summed E-state index contributed by atoms with van der Waals surface area (Å²) in [5.74, 6) is -1.29. The Hall–Kier alpha value is -2.33. The normalized spacial score (nSPS) is 11.7. The number of aliphatic carboxylic acids is 1. The minimum Gasteiger partial charge on any atom is -0.481 e. The molecule has 0 aliphatic rings. The summed E-state index contributed by atoms with van der Waals surface area (Å²) in [6.45, 7) is 1.93. The molecule has 0 aliphatic carbocycles. The fourth-order valence-electron chi connectivity index (χ4n) is 2.07. The van der Waals surface area contributed by atoms with Crippen LogP contribution in [-0.2, 0) is 4.79 Å². The van der Waals surface area contributed by atoms with Crippen molar-refractivity contribution in [1.82, 2.24) is 5.32 Å². The van der Waals surface area contributed by atoms with Crippen LogP contribution in [0.5, 0.6) is 0 Å². The summed E-state index contributed by atoms with van der Waals surface area (Å²) in [7, 11) is 0. The predicted molar refractivity (Wildman–Crippen MR) is 85.1 cm³/mol. The zero-order valence-electron chi connectivity index (χ0n) is 12.0. The highest BCUT2D eigenvalue weighted by Gasteiger charge is 2.18. The van der Waals surface area contributed by atoms with Gasteiger partial charge in [-0.25, -0.2) is 0 Å². The largest absolute Gasteiger partial charge is 0.481 e. The Morgan fingerprint density at radius 3 is 2.23 bits per heavy atom.